The lowest BCUT2D eigenvalue weighted by molar-refractivity contribution is -0.127. The van der Waals surface area contributed by atoms with Crippen LogP contribution in [0.25, 0.3) is 0 Å². The van der Waals surface area contributed by atoms with Gasteiger partial charge in [-0.2, -0.15) is 0 Å². The van der Waals surface area contributed by atoms with E-state index in [1.165, 1.54) is 25.7 Å². The molecule has 0 radical (unpaired) electrons. The van der Waals surface area contributed by atoms with Gasteiger partial charge in [-0.3, -0.25) is 4.79 Å². The van der Waals surface area contributed by atoms with Gasteiger partial charge in [0.2, 0.25) is 5.91 Å². The van der Waals surface area contributed by atoms with Crippen molar-refractivity contribution in [1.82, 2.24) is 5.32 Å². The number of rotatable bonds is 4. The molecule has 2 atom stereocenters. The summed E-state index contributed by atoms with van der Waals surface area (Å²) in [4.78, 5) is 12.4. The van der Waals surface area contributed by atoms with E-state index >= 15 is 0 Å². The predicted octanol–water partition coefficient (Wildman–Crippen LogP) is 3.62. The Labute approximate surface area is 130 Å². The number of nitrogens with one attached hydrogen (secondary N) is 1. The molecule has 2 aliphatic carbocycles. The molecule has 3 heteroatoms. The second-order valence-electron chi connectivity index (χ2n) is 7.95. The SMILES string of the molecule is CCC(C)(C)C1CCC(NC(=O)C2CCCCC2N)CC1. The van der Waals surface area contributed by atoms with Crippen LogP contribution in [0, 0.1) is 17.3 Å². The van der Waals surface area contributed by atoms with Gasteiger partial charge in [0.1, 0.15) is 0 Å². The summed E-state index contributed by atoms with van der Waals surface area (Å²) >= 11 is 0. The predicted molar refractivity (Wildman–Crippen MR) is 87.9 cm³/mol. The van der Waals surface area contributed by atoms with Gasteiger partial charge < -0.3 is 11.1 Å². The largest absolute Gasteiger partial charge is 0.353 e. The Kier molecular flexibility index (Phi) is 5.70. The van der Waals surface area contributed by atoms with Crippen LogP contribution in [0.1, 0.15) is 78.6 Å². The van der Waals surface area contributed by atoms with Gasteiger partial charge >= 0.3 is 0 Å². The third-order valence-corrected chi connectivity index (χ3v) is 6.25. The van der Waals surface area contributed by atoms with Crippen molar-refractivity contribution in [2.24, 2.45) is 23.0 Å². The summed E-state index contributed by atoms with van der Waals surface area (Å²) in [5.41, 5.74) is 6.57. The molecule has 3 N–H and O–H groups in total. The number of carbonyl (C=O) groups is 1. The number of hydrogen-bond acceptors (Lipinski definition) is 2. The van der Waals surface area contributed by atoms with E-state index in [0.29, 0.717) is 11.5 Å². The third-order valence-electron chi connectivity index (χ3n) is 6.25. The molecule has 0 aromatic heterocycles. The van der Waals surface area contributed by atoms with Gasteiger partial charge in [0.05, 0.1) is 5.92 Å². The van der Waals surface area contributed by atoms with Crippen LogP contribution >= 0.6 is 0 Å². The fourth-order valence-electron chi connectivity index (χ4n) is 4.10. The highest BCUT2D eigenvalue weighted by molar-refractivity contribution is 5.79. The van der Waals surface area contributed by atoms with E-state index in [4.69, 9.17) is 5.73 Å². The van der Waals surface area contributed by atoms with E-state index in [9.17, 15) is 4.79 Å². The summed E-state index contributed by atoms with van der Waals surface area (Å²) < 4.78 is 0. The first-order valence-corrected chi connectivity index (χ1v) is 9.00. The van der Waals surface area contributed by atoms with Crippen molar-refractivity contribution < 1.29 is 4.79 Å². The average Bonchev–Trinajstić information content (AvgIpc) is 2.48. The van der Waals surface area contributed by atoms with Gasteiger partial charge in [-0.05, 0) is 49.9 Å². The molecule has 0 saturated heterocycles. The molecule has 1 amide bonds. The van der Waals surface area contributed by atoms with Crippen LogP contribution in [0.5, 0.6) is 0 Å². The highest BCUT2D eigenvalue weighted by Crippen LogP contribution is 2.40. The molecule has 122 valence electrons. The molecule has 0 heterocycles. The summed E-state index contributed by atoms with van der Waals surface area (Å²) in [5, 5.41) is 3.29. The Morgan fingerprint density at radius 3 is 2.29 bits per heavy atom. The molecule has 2 fully saturated rings. The molecule has 2 saturated carbocycles. The summed E-state index contributed by atoms with van der Waals surface area (Å²) in [5.74, 6) is 1.09. The van der Waals surface area contributed by atoms with Gasteiger partial charge in [0.15, 0.2) is 0 Å². The van der Waals surface area contributed by atoms with E-state index in [0.717, 1.165) is 38.0 Å². The quantitative estimate of drug-likeness (QED) is 0.832. The third kappa shape index (κ3) is 4.21. The Morgan fingerprint density at radius 1 is 1.10 bits per heavy atom. The fourth-order valence-corrected chi connectivity index (χ4v) is 4.10. The van der Waals surface area contributed by atoms with Crippen molar-refractivity contribution in [1.29, 1.82) is 0 Å². The second kappa shape index (κ2) is 7.13. The van der Waals surface area contributed by atoms with Crippen molar-refractivity contribution in [2.75, 3.05) is 0 Å². The molecule has 0 aromatic rings. The van der Waals surface area contributed by atoms with Gasteiger partial charge in [-0.15, -0.1) is 0 Å². The van der Waals surface area contributed by atoms with Crippen molar-refractivity contribution >= 4 is 5.91 Å². The first kappa shape index (κ1) is 16.8. The maximum Gasteiger partial charge on any atom is 0.224 e. The summed E-state index contributed by atoms with van der Waals surface area (Å²) in [7, 11) is 0. The summed E-state index contributed by atoms with van der Waals surface area (Å²) in [6, 6.07) is 0.463. The lowest BCUT2D eigenvalue weighted by Crippen LogP contribution is -2.48. The second-order valence-corrected chi connectivity index (χ2v) is 7.95. The highest BCUT2D eigenvalue weighted by Gasteiger charge is 2.34. The van der Waals surface area contributed by atoms with Crippen LogP contribution in [0.4, 0.5) is 0 Å². The minimum absolute atomic E-state index is 0.0588. The molecule has 0 spiro atoms. The van der Waals surface area contributed by atoms with Crippen LogP contribution < -0.4 is 11.1 Å². The van der Waals surface area contributed by atoms with Gasteiger partial charge in [-0.25, -0.2) is 0 Å². The lowest BCUT2D eigenvalue weighted by Gasteiger charge is -2.39. The van der Waals surface area contributed by atoms with E-state index in [1.807, 2.05) is 0 Å². The first-order chi connectivity index (χ1) is 9.94. The maximum absolute atomic E-state index is 12.4. The van der Waals surface area contributed by atoms with Crippen molar-refractivity contribution in [3.8, 4) is 0 Å². The van der Waals surface area contributed by atoms with E-state index in [2.05, 4.69) is 26.1 Å². The summed E-state index contributed by atoms with van der Waals surface area (Å²) in [6.07, 6.45) is 10.4. The van der Waals surface area contributed by atoms with Crippen molar-refractivity contribution in [3.63, 3.8) is 0 Å². The Balaban J connectivity index is 1.79. The maximum atomic E-state index is 12.4. The molecule has 0 aromatic carbocycles. The minimum atomic E-state index is 0.0588. The number of amides is 1. The van der Waals surface area contributed by atoms with E-state index in [-0.39, 0.29) is 17.9 Å². The highest BCUT2D eigenvalue weighted by atomic mass is 16.2. The Hall–Kier alpha value is -0.570. The van der Waals surface area contributed by atoms with Crippen LogP contribution in [0.15, 0.2) is 0 Å². The molecule has 3 nitrogen and oxygen atoms in total. The van der Waals surface area contributed by atoms with Crippen LogP contribution in [0.3, 0.4) is 0 Å². The molecule has 2 rings (SSSR count). The monoisotopic (exact) mass is 294 g/mol. The van der Waals surface area contributed by atoms with Crippen LogP contribution in [-0.2, 0) is 4.79 Å². The lowest BCUT2D eigenvalue weighted by atomic mass is 9.69. The molecule has 0 bridgehead atoms. The molecule has 21 heavy (non-hydrogen) atoms. The van der Waals surface area contributed by atoms with E-state index in [1.54, 1.807) is 0 Å². The summed E-state index contributed by atoms with van der Waals surface area (Å²) in [6.45, 7) is 7.06. The first-order valence-electron chi connectivity index (χ1n) is 9.00. The zero-order chi connectivity index (χ0) is 15.5. The van der Waals surface area contributed by atoms with Crippen LogP contribution in [0.2, 0.25) is 0 Å². The molecular formula is C18H34N2O. The fraction of sp³-hybridized carbons (Fsp3) is 0.944. The smallest absolute Gasteiger partial charge is 0.224 e. The topological polar surface area (TPSA) is 55.1 Å². The average molecular weight is 294 g/mol. The van der Waals surface area contributed by atoms with Crippen molar-refractivity contribution in [2.45, 2.75) is 90.6 Å². The standard InChI is InChI=1S/C18H34N2O/c1-4-18(2,3)13-9-11-14(12-10-13)20-17(21)15-7-5-6-8-16(15)19/h13-16H,4-12,19H2,1-3H3,(H,20,21). The van der Waals surface area contributed by atoms with Gasteiger partial charge in [0.25, 0.3) is 0 Å². The van der Waals surface area contributed by atoms with Crippen molar-refractivity contribution in [3.05, 3.63) is 0 Å². The Morgan fingerprint density at radius 2 is 1.71 bits per heavy atom. The van der Waals surface area contributed by atoms with Crippen LogP contribution in [-0.4, -0.2) is 18.0 Å². The van der Waals surface area contributed by atoms with E-state index < -0.39 is 0 Å². The molecular weight excluding hydrogens is 260 g/mol. The molecule has 0 aliphatic heterocycles. The zero-order valence-corrected chi connectivity index (χ0v) is 14.2. The zero-order valence-electron chi connectivity index (χ0n) is 14.2. The van der Waals surface area contributed by atoms with Gasteiger partial charge in [0, 0.05) is 12.1 Å². The number of hydrogen-bond donors (Lipinski definition) is 2. The Bertz CT molecular complexity index is 345. The minimum Gasteiger partial charge on any atom is -0.353 e. The number of nitrogens with two attached hydrogens (primary N) is 1. The molecule has 2 aliphatic rings. The normalized spacial score (nSPS) is 34.5. The molecule has 2 unspecified atom stereocenters. The number of carbonyl (C=O) groups excluding carboxylic acids is 1. The van der Waals surface area contributed by atoms with Gasteiger partial charge in [-0.1, -0.05) is 40.0 Å².